The molecule has 104 valence electrons. The molecule has 2 aromatic heterocycles. The predicted octanol–water partition coefficient (Wildman–Crippen LogP) is 3.19. The van der Waals surface area contributed by atoms with E-state index in [-0.39, 0.29) is 5.41 Å². The minimum Gasteiger partial charge on any atom is -0.388 e. The zero-order valence-electron chi connectivity index (χ0n) is 12.0. The Bertz CT molecular complexity index is 750. The summed E-state index contributed by atoms with van der Waals surface area (Å²) in [7, 11) is 1.92. The molecule has 0 fully saturated rings. The van der Waals surface area contributed by atoms with Gasteiger partial charge in [0.2, 0.25) is 4.96 Å². The number of nitrogens with one attached hydrogen (secondary N) is 1. The summed E-state index contributed by atoms with van der Waals surface area (Å²) in [6.07, 6.45) is 0. The van der Waals surface area contributed by atoms with Crippen molar-refractivity contribution in [3.8, 4) is 10.6 Å². The van der Waals surface area contributed by atoms with Crippen LogP contribution in [0, 0.1) is 0 Å². The molecule has 3 rings (SSSR count). The Balaban J connectivity index is 2.17. The van der Waals surface area contributed by atoms with Crippen molar-refractivity contribution in [2.75, 3.05) is 12.4 Å². The van der Waals surface area contributed by atoms with E-state index in [2.05, 4.69) is 47.5 Å². The quantitative estimate of drug-likeness (QED) is 0.786. The van der Waals surface area contributed by atoms with Crippen molar-refractivity contribution in [2.24, 2.45) is 0 Å². The highest BCUT2D eigenvalue weighted by atomic mass is 32.1. The van der Waals surface area contributed by atoms with Gasteiger partial charge in [0.15, 0.2) is 5.82 Å². The number of benzene rings is 1. The summed E-state index contributed by atoms with van der Waals surface area (Å²) in [6.45, 7) is 6.35. The molecule has 0 aliphatic carbocycles. The molecular formula is C14H17N5S. The Morgan fingerprint density at radius 1 is 1.15 bits per heavy atom. The standard InChI is InChI=1S/C14H17N5S/c1-14(2,3)12-16-17-13-19(12)18-11(20-13)9-7-5-6-8-10(9)15-4/h5-8,15H,1-4H3. The lowest BCUT2D eigenvalue weighted by atomic mass is 9.96. The molecule has 0 bridgehead atoms. The van der Waals surface area contributed by atoms with Crippen LogP contribution in [0.1, 0.15) is 26.6 Å². The summed E-state index contributed by atoms with van der Waals surface area (Å²) in [5.41, 5.74) is 2.08. The molecule has 6 heteroatoms. The Kier molecular flexibility index (Phi) is 2.97. The minimum absolute atomic E-state index is 0.0761. The van der Waals surface area contributed by atoms with Crippen molar-refractivity contribution >= 4 is 22.0 Å². The van der Waals surface area contributed by atoms with E-state index < -0.39 is 0 Å². The first kappa shape index (κ1) is 13.1. The smallest absolute Gasteiger partial charge is 0.235 e. The number of para-hydroxylation sites is 1. The second-order valence-electron chi connectivity index (χ2n) is 5.67. The maximum atomic E-state index is 4.69. The number of nitrogens with zero attached hydrogens (tertiary/aromatic N) is 4. The lowest BCUT2D eigenvalue weighted by Gasteiger charge is -2.13. The van der Waals surface area contributed by atoms with E-state index in [4.69, 9.17) is 0 Å². The lowest BCUT2D eigenvalue weighted by Crippen LogP contribution is -2.16. The van der Waals surface area contributed by atoms with Crippen LogP contribution < -0.4 is 5.32 Å². The van der Waals surface area contributed by atoms with E-state index in [0.29, 0.717) is 0 Å². The highest BCUT2D eigenvalue weighted by Gasteiger charge is 2.23. The molecule has 0 amide bonds. The Morgan fingerprint density at radius 2 is 1.90 bits per heavy atom. The minimum atomic E-state index is -0.0761. The summed E-state index contributed by atoms with van der Waals surface area (Å²) in [5.74, 6) is 0.886. The Labute approximate surface area is 121 Å². The number of hydrogen-bond acceptors (Lipinski definition) is 5. The van der Waals surface area contributed by atoms with Crippen LogP contribution in [0.25, 0.3) is 15.5 Å². The van der Waals surface area contributed by atoms with Gasteiger partial charge in [-0.2, -0.15) is 9.61 Å². The highest BCUT2D eigenvalue weighted by molar-refractivity contribution is 7.19. The van der Waals surface area contributed by atoms with Crippen LogP contribution in [0.3, 0.4) is 0 Å². The zero-order chi connectivity index (χ0) is 14.3. The lowest BCUT2D eigenvalue weighted by molar-refractivity contribution is 0.528. The van der Waals surface area contributed by atoms with Gasteiger partial charge in [-0.25, -0.2) is 0 Å². The van der Waals surface area contributed by atoms with Gasteiger partial charge in [0.1, 0.15) is 5.01 Å². The molecule has 20 heavy (non-hydrogen) atoms. The molecule has 0 aliphatic rings. The van der Waals surface area contributed by atoms with Crippen molar-refractivity contribution in [3.05, 3.63) is 30.1 Å². The summed E-state index contributed by atoms with van der Waals surface area (Å²) < 4.78 is 1.85. The molecule has 1 N–H and O–H groups in total. The third-order valence-electron chi connectivity index (χ3n) is 3.09. The second kappa shape index (κ2) is 4.56. The van der Waals surface area contributed by atoms with E-state index in [0.717, 1.165) is 27.0 Å². The molecule has 1 aromatic carbocycles. The average molecular weight is 287 g/mol. The Morgan fingerprint density at radius 3 is 2.60 bits per heavy atom. The SMILES string of the molecule is CNc1ccccc1-c1nn2c(C(C)(C)C)nnc2s1. The monoisotopic (exact) mass is 287 g/mol. The first-order chi connectivity index (χ1) is 9.50. The van der Waals surface area contributed by atoms with Crippen LogP contribution in [0.2, 0.25) is 0 Å². The fourth-order valence-electron chi connectivity index (χ4n) is 2.08. The predicted molar refractivity (Wildman–Crippen MR) is 82.3 cm³/mol. The molecule has 0 aliphatic heterocycles. The van der Waals surface area contributed by atoms with Crippen LogP contribution in [0.4, 0.5) is 5.69 Å². The van der Waals surface area contributed by atoms with Crippen LogP contribution in [0.15, 0.2) is 24.3 Å². The van der Waals surface area contributed by atoms with Gasteiger partial charge >= 0.3 is 0 Å². The largest absolute Gasteiger partial charge is 0.388 e. The highest BCUT2D eigenvalue weighted by Crippen LogP contribution is 2.32. The molecule has 5 nitrogen and oxygen atoms in total. The van der Waals surface area contributed by atoms with Crippen LogP contribution >= 0.6 is 11.3 Å². The second-order valence-corrected chi connectivity index (χ2v) is 6.63. The summed E-state index contributed by atoms with van der Waals surface area (Å²) >= 11 is 1.56. The molecule has 0 saturated heterocycles. The summed E-state index contributed by atoms with van der Waals surface area (Å²) in [4.78, 5) is 0.829. The number of fused-ring (bicyclic) bond motifs is 1. The van der Waals surface area contributed by atoms with Gasteiger partial charge in [-0.05, 0) is 12.1 Å². The molecule has 0 spiro atoms. The van der Waals surface area contributed by atoms with Gasteiger partial charge in [-0.15, -0.1) is 10.2 Å². The summed E-state index contributed by atoms with van der Waals surface area (Å²) in [6, 6.07) is 8.14. The molecule has 2 heterocycles. The van der Waals surface area contributed by atoms with Gasteiger partial charge in [0.25, 0.3) is 0 Å². The number of anilines is 1. The van der Waals surface area contributed by atoms with E-state index in [1.807, 2.05) is 29.8 Å². The van der Waals surface area contributed by atoms with Crippen molar-refractivity contribution in [1.82, 2.24) is 19.8 Å². The van der Waals surface area contributed by atoms with Gasteiger partial charge < -0.3 is 5.32 Å². The van der Waals surface area contributed by atoms with Crippen LogP contribution in [0.5, 0.6) is 0 Å². The van der Waals surface area contributed by atoms with Gasteiger partial charge in [-0.3, -0.25) is 0 Å². The zero-order valence-corrected chi connectivity index (χ0v) is 12.8. The third kappa shape index (κ3) is 2.06. The fraction of sp³-hybridized carbons (Fsp3) is 0.357. The van der Waals surface area contributed by atoms with Crippen molar-refractivity contribution in [1.29, 1.82) is 0 Å². The molecule has 0 atom stereocenters. The molecular weight excluding hydrogens is 270 g/mol. The van der Waals surface area contributed by atoms with E-state index in [1.54, 1.807) is 11.3 Å². The molecule has 0 radical (unpaired) electrons. The van der Waals surface area contributed by atoms with E-state index in [9.17, 15) is 0 Å². The van der Waals surface area contributed by atoms with Gasteiger partial charge in [0.05, 0.1) is 0 Å². The normalized spacial score (nSPS) is 12.0. The number of hydrogen-bond donors (Lipinski definition) is 1. The van der Waals surface area contributed by atoms with Gasteiger partial charge in [-0.1, -0.05) is 44.2 Å². The topological polar surface area (TPSA) is 55.1 Å². The van der Waals surface area contributed by atoms with Crippen molar-refractivity contribution in [2.45, 2.75) is 26.2 Å². The van der Waals surface area contributed by atoms with E-state index in [1.165, 1.54) is 0 Å². The van der Waals surface area contributed by atoms with Crippen LogP contribution in [-0.4, -0.2) is 26.9 Å². The van der Waals surface area contributed by atoms with E-state index >= 15 is 0 Å². The van der Waals surface area contributed by atoms with Crippen molar-refractivity contribution in [3.63, 3.8) is 0 Å². The van der Waals surface area contributed by atoms with Crippen molar-refractivity contribution < 1.29 is 0 Å². The molecule has 0 saturated carbocycles. The first-order valence-corrected chi connectivity index (χ1v) is 7.32. The van der Waals surface area contributed by atoms with Crippen LogP contribution in [-0.2, 0) is 5.41 Å². The first-order valence-electron chi connectivity index (χ1n) is 6.50. The molecule has 0 unspecified atom stereocenters. The third-order valence-corrected chi connectivity index (χ3v) is 4.02. The fourth-order valence-corrected chi connectivity index (χ4v) is 2.96. The molecule has 3 aromatic rings. The number of aromatic nitrogens is 4. The maximum absolute atomic E-state index is 4.69. The van der Waals surface area contributed by atoms with Gasteiger partial charge in [0, 0.05) is 23.7 Å². The maximum Gasteiger partial charge on any atom is 0.235 e. The summed E-state index contributed by atoms with van der Waals surface area (Å²) in [5, 5.41) is 17.3. The average Bonchev–Trinajstić information content (AvgIpc) is 2.96. The Hall–Kier alpha value is -1.95. The number of rotatable bonds is 2.